The highest BCUT2D eigenvalue weighted by atomic mass is 35.5. The Kier molecular flexibility index (Phi) is 5.97. The largest absolute Gasteiger partial charge is 0.495 e. The van der Waals surface area contributed by atoms with Crippen LogP contribution in [0.3, 0.4) is 0 Å². The van der Waals surface area contributed by atoms with Gasteiger partial charge in [-0.25, -0.2) is 4.98 Å². The van der Waals surface area contributed by atoms with Crippen LogP contribution in [0.4, 0.5) is 0 Å². The van der Waals surface area contributed by atoms with E-state index in [2.05, 4.69) is 0 Å². The van der Waals surface area contributed by atoms with Crippen LogP contribution in [0.1, 0.15) is 29.1 Å². The molecule has 1 atom stereocenters. The second-order valence-electron chi connectivity index (χ2n) is 7.40. The lowest BCUT2D eigenvalue weighted by molar-refractivity contribution is 0.0735. The molecule has 1 unspecified atom stereocenters. The summed E-state index contributed by atoms with van der Waals surface area (Å²) in [7, 11) is 3.24. The monoisotopic (exact) mass is 447 g/mol. The molecule has 0 aliphatic heterocycles. The molecule has 7 heteroatoms. The van der Waals surface area contributed by atoms with E-state index in [1.165, 1.54) is 4.57 Å². The van der Waals surface area contributed by atoms with Gasteiger partial charge < -0.3 is 9.64 Å². The molecule has 0 aliphatic rings. The van der Waals surface area contributed by atoms with E-state index >= 15 is 0 Å². The van der Waals surface area contributed by atoms with Crippen LogP contribution < -0.4 is 10.3 Å². The van der Waals surface area contributed by atoms with Crippen LogP contribution in [0, 0.1) is 0 Å². The zero-order valence-corrected chi connectivity index (χ0v) is 18.7. The number of carbonyl (C=O) groups excluding carboxylic acids is 1. The molecule has 4 aromatic rings. The lowest BCUT2D eigenvalue weighted by Crippen LogP contribution is -2.35. The molecule has 0 radical (unpaired) electrons. The van der Waals surface area contributed by atoms with Crippen LogP contribution in [-0.2, 0) is 0 Å². The smallest absolute Gasteiger partial charge is 0.266 e. The number of fused-ring (bicyclic) bond motifs is 1. The minimum absolute atomic E-state index is 0.205. The lowest BCUT2D eigenvalue weighted by atomic mass is 10.1. The Morgan fingerprint density at radius 1 is 1.03 bits per heavy atom. The van der Waals surface area contributed by atoms with E-state index in [1.54, 1.807) is 73.7 Å². The van der Waals surface area contributed by atoms with Gasteiger partial charge in [0.2, 0.25) is 0 Å². The van der Waals surface area contributed by atoms with Crippen LogP contribution in [0.5, 0.6) is 5.75 Å². The zero-order valence-electron chi connectivity index (χ0n) is 17.9. The highest BCUT2D eigenvalue weighted by Crippen LogP contribution is 2.27. The number of ether oxygens (including phenoxy) is 1. The molecule has 6 nitrogen and oxygen atoms in total. The van der Waals surface area contributed by atoms with Crippen molar-refractivity contribution in [3.63, 3.8) is 0 Å². The lowest BCUT2D eigenvalue weighted by Gasteiger charge is -2.27. The van der Waals surface area contributed by atoms with E-state index in [9.17, 15) is 9.59 Å². The molecule has 4 rings (SSSR count). The number of hydrogen-bond donors (Lipinski definition) is 0. The Bertz CT molecular complexity index is 1350. The topological polar surface area (TPSA) is 64.4 Å². The predicted molar refractivity (Wildman–Crippen MR) is 126 cm³/mol. The molecule has 3 aromatic carbocycles. The number of para-hydroxylation sites is 3. The summed E-state index contributed by atoms with van der Waals surface area (Å²) in [5, 5.41) is 1.04. The first-order valence-corrected chi connectivity index (χ1v) is 10.5. The molecule has 0 saturated heterocycles. The summed E-state index contributed by atoms with van der Waals surface area (Å²) in [6.45, 7) is 1.84. The van der Waals surface area contributed by atoms with Gasteiger partial charge in [0, 0.05) is 17.6 Å². The highest BCUT2D eigenvalue weighted by molar-refractivity contribution is 6.30. The van der Waals surface area contributed by atoms with Crippen LogP contribution >= 0.6 is 11.6 Å². The van der Waals surface area contributed by atoms with E-state index in [4.69, 9.17) is 21.3 Å². The first-order chi connectivity index (χ1) is 15.4. The van der Waals surface area contributed by atoms with Gasteiger partial charge in [0.25, 0.3) is 11.5 Å². The maximum absolute atomic E-state index is 13.6. The van der Waals surface area contributed by atoms with Gasteiger partial charge in [0.05, 0.1) is 29.7 Å². The number of nitrogens with zero attached hydrogens (tertiary/aromatic N) is 3. The summed E-state index contributed by atoms with van der Waals surface area (Å²) >= 11 is 5.96. The van der Waals surface area contributed by atoms with Crippen molar-refractivity contribution < 1.29 is 9.53 Å². The van der Waals surface area contributed by atoms with Gasteiger partial charge in [-0.1, -0.05) is 35.9 Å². The second kappa shape index (κ2) is 8.85. The number of carbonyl (C=O) groups is 1. The third-order valence-electron chi connectivity index (χ3n) is 5.49. The third kappa shape index (κ3) is 3.85. The van der Waals surface area contributed by atoms with Gasteiger partial charge in [-0.2, -0.15) is 0 Å². The first kappa shape index (κ1) is 21.6. The number of benzene rings is 3. The average Bonchev–Trinajstić information content (AvgIpc) is 2.83. The Balaban J connectivity index is 1.90. The summed E-state index contributed by atoms with van der Waals surface area (Å²) in [4.78, 5) is 33.1. The van der Waals surface area contributed by atoms with Crippen molar-refractivity contribution in [1.82, 2.24) is 14.5 Å². The quantitative estimate of drug-likeness (QED) is 0.437. The Morgan fingerprint density at radius 2 is 1.69 bits per heavy atom. The molecule has 0 N–H and O–H groups in total. The Morgan fingerprint density at radius 3 is 2.41 bits per heavy atom. The summed E-state index contributed by atoms with van der Waals surface area (Å²) in [5.41, 5.74) is 1.40. The first-order valence-electron chi connectivity index (χ1n) is 10.1. The van der Waals surface area contributed by atoms with Gasteiger partial charge in [-0.05, 0) is 55.5 Å². The normalized spacial score (nSPS) is 11.9. The number of hydrogen-bond acceptors (Lipinski definition) is 4. The van der Waals surface area contributed by atoms with Gasteiger partial charge >= 0.3 is 0 Å². The fourth-order valence-corrected chi connectivity index (χ4v) is 3.75. The van der Waals surface area contributed by atoms with Crippen LogP contribution in [-0.4, -0.2) is 34.5 Å². The van der Waals surface area contributed by atoms with Crippen molar-refractivity contribution in [2.45, 2.75) is 13.0 Å². The number of aromatic nitrogens is 2. The fourth-order valence-electron chi connectivity index (χ4n) is 3.62. The molecule has 32 heavy (non-hydrogen) atoms. The Labute approximate surface area is 190 Å². The van der Waals surface area contributed by atoms with E-state index in [0.29, 0.717) is 38.8 Å². The molecular formula is C25H22ClN3O3. The molecule has 0 fully saturated rings. The molecule has 1 heterocycles. The molecule has 0 saturated carbocycles. The minimum atomic E-state index is -0.514. The van der Waals surface area contributed by atoms with Gasteiger partial charge in [0.1, 0.15) is 11.6 Å². The summed E-state index contributed by atoms with van der Waals surface area (Å²) in [5.74, 6) is 0.762. The Hall–Kier alpha value is -3.64. The minimum Gasteiger partial charge on any atom is -0.495 e. The number of halogens is 1. The van der Waals surface area contributed by atoms with Crippen molar-refractivity contribution in [3.8, 4) is 11.4 Å². The fraction of sp³-hybridized carbons (Fsp3) is 0.160. The highest BCUT2D eigenvalue weighted by Gasteiger charge is 2.26. The molecule has 0 bridgehead atoms. The average molecular weight is 448 g/mol. The van der Waals surface area contributed by atoms with Gasteiger partial charge in [-0.15, -0.1) is 0 Å². The van der Waals surface area contributed by atoms with Gasteiger partial charge in [0.15, 0.2) is 0 Å². The number of amides is 1. The van der Waals surface area contributed by atoms with Crippen molar-refractivity contribution >= 4 is 28.4 Å². The summed E-state index contributed by atoms with van der Waals surface area (Å²) in [6, 6.07) is 20.6. The maximum Gasteiger partial charge on any atom is 0.266 e. The molecule has 162 valence electrons. The SMILES string of the molecule is COc1ccccc1-n1c(C(C)N(C)C(=O)c2ccc(Cl)cc2)nc2ccccc2c1=O. The predicted octanol–water partition coefficient (Wildman–Crippen LogP) is 4.88. The summed E-state index contributed by atoms with van der Waals surface area (Å²) in [6.07, 6.45) is 0. The molecule has 0 aliphatic carbocycles. The van der Waals surface area contributed by atoms with Crippen LogP contribution in [0.25, 0.3) is 16.6 Å². The van der Waals surface area contributed by atoms with Crippen molar-refractivity contribution in [2.24, 2.45) is 0 Å². The van der Waals surface area contributed by atoms with E-state index in [0.717, 1.165) is 0 Å². The van der Waals surface area contributed by atoms with E-state index in [-0.39, 0.29) is 11.5 Å². The third-order valence-corrected chi connectivity index (χ3v) is 5.75. The second-order valence-corrected chi connectivity index (χ2v) is 7.83. The van der Waals surface area contributed by atoms with Crippen molar-refractivity contribution in [3.05, 3.63) is 99.6 Å². The van der Waals surface area contributed by atoms with Gasteiger partial charge in [-0.3, -0.25) is 14.2 Å². The molecule has 1 aromatic heterocycles. The van der Waals surface area contributed by atoms with Crippen LogP contribution in [0.15, 0.2) is 77.6 Å². The molecule has 0 spiro atoms. The molecular weight excluding hydrogens is 426 g/mol. The van der Waals surface area contributed by atoms with E-state index < -0.39 is 6.04 Å². The molecule has 1 amide bonds. The zero-order chi connectivity index (χ0) is 22.8. The van der Waals surface area contributed by atoms with Crippen molar-refractivity contribution in [1.29, 1.82) is 0 Å². The standard InChI is InChI=1S/C25H22ClN3O3/c1-16(28(2)24(30)17-12-14-18(26)15-13-17)23-27-20-9-5-4-8-19(20)25(31)29(23)21-10-6-7-11-22(21)32-3/h4-16H,1-3H3. The van der Waals surface area contributed by atoms with Crippen LogP contribution in [0.2, 0.25) is 5.02 Å². The number of methoxy groups -OCH3 is 1. The summed E-state index contributed by atoms with van der Waals surface area (Å²) < 4.78 is 7.03. The number of rotatable bonds is 5. The van der Waals surface area contributed by atoms with E-state index in [1.807, 2.05) is 25.1 Å². The van der Waals surface area contributed by atoms with Crippen molar-refractivity contribution in [2.75, 3.05) is 14.2 Å². The maximum atomic E-state index is 13.6.